The zero-order chi connectivity index (χ0) is 17.2. The number of aromatic nitrogens is 1. The monoisotopic (exact) mass is 320 g/mol. The second-order valence-electron chi connectivity index (χ2n) is 6.59. The van der Waals surface area contributed by atoms with Crippen molar-refractivity contribution in [3.05, 3.63) is 66.4 Å². The van der Waals surface area contributed by atoms with Gasteiger partial charge in [-0.05, 0) is 57.2 Å². The van der Waals surface area contributed by atoms with Gasteiger partial charge in [-0.25, -0.2) is 4.98 Å². The number of hydrogen-bond donors (Lipinski definition) is 1. The highest BCUT2D eigenvalue weighted by molar-refractivity contribution is 6.04. The van der Waals surface area contributed by atoms with Crippen molar-refractivity contribution in [2.75, 3.05) is 5.32 Å². The normalized spacial score (nSPS) is 11.3. The van der Waals surface area contributed by atoms with Crippen molar-refractivity contribution < 1.29 is 9.53 Å². The molecule has 0 saturated carbocycles. The second-order valence-corrected chi connectivity index (χ2v) is 6.59. The third kappa shape index (κ3) is 3.90. The van der Waals surface area contributed by atoms with Gasteiger partial charge in [0.1, 0.15) is 17.0 Å². The molecule has 4 heteroatoms. The van der Waals surface area contributed by atoms with E-state index in [0.29, 0.717) is 5.69 Å². The fraction of sp³-hybridized carbons (Fsp3) is 0.200. The summed E-state index contributed by atoms with van der Waals surface area (Å²) in [6.45, 7) is 6.02. The third-order valence-electron chi connectivity index (χ3n) is 3.35. The highest BCUT2D eigenvalue weighted by atomic mass is 16.5. The number of rotatable bonds is 3. The van der Waals surface area contributed by atoms with Crippen molar-refractivity contribution >= 4 is 22.5 Å². The zero-order valence-electron chi connectivity index (χ0n) is 14.0. The number of nitrogens with one attached hydrogen (secondary N) is 1. The third-order valence-corrected chi connectivity index (χ3v) is 3.35. The van der Waals surface area contributed by atoms with Crippen molar-refractivity contribution in [3.63, 3.8) is 0 Å². The van der Waals surface area contributed by atoms with Gasteiger partial charge in [-0.3, -0.25) is 4.79 Å². The average Bonchev–Trinajstić information content (AvgIpc) is 2.53. The Morgan fingerprint density at radius 1 is 1.00 bits per heavy atom. The van der Waals surface area contributed by atoms with Crippen LogP contribution >= 0.6 is 0 Å². The van der Waals surface area contributed by atoms with E-state index in [1.807, 2.05) is 75.4 Å². The van der Waals surface area contributed by atoms with Crippen LogP contribution in [0.2, 0.25) is 0 Å². The summed E-state index contributed by atoms with van der Waals surface area (Å²) < 4.78 is 5.86. The lowest BCUT2D eigenvalue weighted by Crippen LogP contribution is -2.22. The molecular weight excluding hydrogens is 300 g/mol. The molecule has 1 N–H and O–H groups in total. The molecule has 0 spiro atoms. The Balaban J connectivity index is 1.83. The lowest BCUT2D eigenvalue weighted by atomic mass is 10.1. The number of pyridine rings is 1. The van der Waals surface area contributed by atoms with Crippen LogP contribution in [0.5, 0.6) is 5.75 Å². The topological polar surface area (TPSA) is 51.2 Å². The molecule has 0 aliphatic rings. The molecule has 122 valence electrons. The molecule has 0 radical (unpaired) electrons. The fourth-order valence-corrected chi connectivity index (χ4v) is 2.36. The highest BCUT2D eigenvalue weighted by Gasteiger charge is 2.13. The molecule has 4 nitrogen and oxygen atoms in total. The number of nitrogens with zero attached hydrogens (tertiary/aromatic N) is 1. The number of carbonyl (C=O) groups excluding carboxylic acids is 1. The van der Waals surface area contributed by atoms with E-state index in [-0.39, 0.29) is 11.5 Å². The predicted octanol–water partition coefficient (Wildman–Crippen LogP) is 4.66. The van der Waals surface area contributed by atoms with Gasteiger partial charge in [-0.1, -0.05) is 24.3 Å². The molecule has 1 heterocycles. The Hall–Kier alpha value is -2.88. The average molecular weight is 320 g/mol. The molecule has 0 saturated heterocycles. The molecule has 0 bridgehead atoms. The number of ether oxygens (including phenoxy) is 1. The van der Waals surface area contributed by atoms with Crippen LogP contribution in [0, 0.1) is 0 Å². The van der Waals surface area contributed by atoms with Gasteiger partial charge in [0, 0.05) is 11.1 Å². The molecule has 1 aromatic heterocycles. The minimum atomic E-state index is -0.253. The zero-order valence-corrected chi connectivity index (χ0v) is 14.0. The standard InChI is InChI=1S/C20H20N2O2/c1-20(2,3)24-16-10-12-17-14(13-16)9-11-18(22-17)19(23)21-15-7-5-4-6-8-15/h4-13H,1-3H3,(H,21,23). The van der Waals surface area contributed by atoms with Crippen LogP contribution in [-0.2, 0) is 0 Å². The Morgan fingerprint density at radius 2 is 1.75 bits per heavy atom. The van der Waals surface area contributed by atoms with E-state index in [1.54, 1.807) is 6.07 Å². The summed E-state index contributed by atoms with van der Waals surface area (Å²) in [6, 6.07) is 18.6. The number of anilines is 1. The number of benzene rings is 2. The maximum atomic E-state index is 12.3. The Kier molecular flexibility index (Phi) is 4.21. The lowest BCUT2D eigenvalue weighted by molar-refractivity contribution is 0.102. The van der Waals surface area contributed by atoms with E-state index in [0.717, 1.165) is 22.3 Å². The van der Waals surface area contributed by atoms with E-state index in [2.05, 4.69) is 10.3 Å². The van der Waals surface area contributed by atoms with Crippen LogP contribution in [-0.4, -0.2) is 16.5 Å². The molecule has 0 fully saturated rings. The Morgan fingerprint density at radius 3 is 2.46 bits per heavy atom. The maximum Gasteiger partial charge on any atom is 0.274 e. The summed E-state index contributed by atoms with van der Waals surface area (Å²) >= 11 is 0. The second kappa shape index (κ2) is 6.32. The quantitative estimate of drug-likeness (QED) is 0.763. The van der Waals surface area contributed by atoms with E-state index >= 15 is 0 Å². The molecule has 2 aromatic carbocycles. The molecule has 0 aliphatic carbocycles. The molecule has 3 aromatic rings. The summed E-state index contributed by atoms with van der Waals surface area (Å²) in [5, 5.41) is 3.78. The van der Waals surface area contributed by atoms with Gasteiger partial charge in [-0.15, -0.1) is 0 Å². The van der Waals surface area contributed by atoms with Gasteiger partial charge < -0.3 is 10.1 Å². The minimum absolute atomic E-state index is 0.224. The van der Waals surface area contributed by atoms with Crippen LogP contribution in [0.15, 0.2) is 60.7 Å². The molecule has 1 amide bonds. The van der Waals surface area contributed by atoms with Crippen molar-refractivity contribution in [1.29, 1.82) is 0 Å². The molecule has 0 atom stereocenters. The summed E-state index contributed by atoms with van der Waals surface area (Å²) in [5.74, 6) is 0.566. The molecule has 0 aliphatic heterocycles. The largest absolute Gasteiger partial charge is 0.488 e. The van der Waals surface area contributed by atoms with Gasteiger partial charge in [0.05, 0.1) is 5.52 Å². The van der Waals surface area contributed by atoms with Gasteiger partial charge in [-0.2, -0.15) is 0 Å². The van der Waals surface area contributed by atoms with Crippen LogP contribution in [0.25, 0.3) is 10.9 Å². The fourth-order valence-electron chi connectivity index (χ4n) is 2.36. The first kappa shape index (κ1) is 16.0. The Labute approximate surface area is 141 Å². The number of fused-ring (bicyclic) bond motifs is 1. The first-order chi connectivity index (χ1) is 11.4. The number of carbonyl (C=O) groups is 1. The highest BCUT2D eigenvalue weighted by Crippen LogP contribution is 2.23. The number of hydrogen-bond acceptors (Lipinski definition) is 3. The Bertz CT molecular complexity index is 868. The molecule has 24 heavy (non-hydrogen) atoms. The summed E-state index contributed by atoms with van der Waals surface area (Å²) in [6.07, 6.45) is 0. The molecule has 3 rings (SSSR count). The first-order valence-corrected chi connectivity index (χ1v) is 7.87. The van der Waals surface area contributed by atoms with E-state index in [9.17, 15) is 4.79 Å². The molecule has 0 unspecified atom stereocenters. The van der Waals surface area contributed by atoms with Crippen molar-refractivity contribution in [1.82, 2.24) is 4.98 Å². The predicted molar refractivity (Wildman–Crippen MR) is 96.5 cm³/mol. The lowest BCUT2D eigenvalue weighted by Gasteiger charge is -2.21. The summed E-state index contributed by atoms with van der Waals surface area (Å²) in [4.78, 5) is 16.8. The van der Waals surface area contributed by atoms with Gasteiger partial charge in [0.15, 0.2) is 0 Å². The number of amides is 1. The minimum Gasteiger partial charge on any atom is -0.488 e. The summed E-state index contributed by atoms with van der Waals surface area (Å²) in [7, 11) is 0. The van der Waals surface area contributed by atoms with Crippen LogP contribution in [0.4, 0.5) is 5.69 Å². The van der Waals surface area contributed by atoms with E-state index in [1.165, 1.54) is 0 Å². The van der Waals surface area contributed by atoms with Gasteiger partial charge in [0.2, 0.25) is 0 Å². The van der Waals surface area contributed by atoms with Crippen LogP contribution < -0.4 is 10.1 Å². The van der Waals surface area contributed by atoms with Crippen molar-refractivity contribution in [3.8, 4) is 5.75 Å². The summed E-state index contributed by atoms with van der Waals surface area (Å²) in [5.41, 5.74) is 1.64. The maximum absolute atomic E-state index is 12.3. The van der Waals surface area contributed by atoms with Gasteiger partial charge >= 0.3 is 0 Å². The van der Waals surface area contributed by atoms with E-state index in [4.69, 9.17) is 4.74 Å². The van der Waals surface area contributed by atoms with Crippen LogP contribution in [0.1, 0.15) is 31.3 Å². The smallest absolute Gasteiger partial charge is 0.274 e. The van der Waals surface area contributed by atoms with Crippen molar-refractivity contribution in [2.45, 2.75) is 26.4 Å². The first-order valence-electron chi connectivity index (χ1n) is 7.87. The van der Waals surface area contributed by atoms with Crippen LogP contribution in [0.3, 0.4) is 0 Å². The SMILES string of the molecule is CC(C)(C)Oc1ccc2nc(C(=O)Nc3ccccc3)ccc2c1. The number of para-hydroxylation sites is 1. The van der Waals surface area contributed by atoms with Crippen molar-refractivity contribution in [2.24, 2.45) is 0 Å². The molecular formula is C20H20N2O2. The van der Waals surface area contributed by atoms with Gasteiger partial charge in [0.25, 0.3) is 5.91 Å². The van der Waals surface area contributed by atoms with E-state index < -0.39 is 0 Å².